The van der Waals surface area contributed by atoms with Crippen LogP contribution in [0.15, 0.2) is 59.5 Å². The summed E-state index contributed by atoms with van der Waals surface area (Å²) < 4.78 is 26.6. The quantitative estimate of drug-likeness (QED) is 0.777. The highest BCUT2D eigenvalue weighted by molar-refractivity contribution is 7.89. The van der Waals surface area contributed by atoms with Crippen LogP contribution < -0.4 is 0 Å². The third-order valence-electron chi connectivity index (χ3n) is 4.67. The molecule has 0 heterocycles. The Hall–Kier alpha value is -2.18. The zero-order valence-corrected chi connectivity index (χ0v) is 16.7. The maximum atomic E-state index is 12.9. The van der Waals surface area contributed by atoms with Crippen molar-refractivity contribution in [1.82, 2.24) is 9.21 Å². The zero-order chi connectivity index (χ0) is 19.5. The molecule has 0 aromatic heterocycles. The van der Waals surface area contributed by atoms with E-state index in [2.05, 4.69) is 0 Å². The van der Waals surface area contributed by atoms with Gasteiger partial charge in [-0.25, -0.2) is 8.42 Å². The Balaban J connectivity index is 2.31. The van der Waals surface area contributed by atoms with Crippen molar-refractivity contribution in [3.63, 3.8) is 0 Å². The molecule has 1 unspecified atom stereocenters. The van der Waals surface area contributed by atoms with Gasteiger partial charge < -0.3 is 4.90 Å². The van der Waals surface area contributed by atoms with Gasteiger partial charge in [-0.1, -0.05) is 36.4 Å². The van der Waals surface area contributed by atoms with Crippen molar-refractivity contribution in [1.29, 1.82) is 0 Å². The molecule has 0 saturated heterocycles. The summed E-state index contributed by atoms with van der Waals surface area (Å²) in [5.41, 5.74) is 1.38. The van der Waals surface area contributed by atoms with Crippen molar-refractivity contribution in [2.45, 2.75) is 37.8 Å². The summed E-state index contributed by atoms with van der Waals surface area (Å²) in [5.74, 6) is -0.217. The van der Waals surface area contributed by atoms with Gasteiger partial charge >= 0.3 is 0 Å². The number of rotatable bonds is 6. The Kier molecular flexibility index (Phi) is 6.21. The Morgan fingerprint density at radius 1 is 0.923 bits per heavy atom. The van der Waals surface area contributed by atoms with Crippen LogP contribution in [0.4, 0.5) is 0 Å². The van der Waals surface area contributed by atoms with Crippen LogP contribution in [-0.2, 0) is 10.0 Å². The van der Waals surface area contributed by atoms with Gasteiger partial charge in [0, 0.05) is 25.7 Å². The first-order valence-electron chi connectivity index (χ1n) is 8.56. The van der Waals surface area contributed by atoms with Crippen LogP contribution in [0.2, 0.25) is 0 Å². The Labute approximate surface area is 156 Å². The fourth-order valence-corrected chi connectivity index (χ4v) is 3.98. The molecule has 1 atom stereocenters. The van der Waals surface area contributed by atoms with E-state index in [1.54, 1.807) is 24.1 Å². The van der Waals surface area contributed by atoms with Crippen LogP contribution in [0.1, 0.15) is 42.7 Å². The number of carbonyl (C=O) groups excluding carboxylic acids is 1. The lowest BCUT2D eigenvalue weighted by molar-refractivity contribution is 0.0742. The predicted molar refractivity (Wildman–Crippen MR) is 103 cm³/mol. The van der Waals surface area contributed by atoms with Crippen molar-refractivity contribution in [2.75, 3.05) is 14.1 Å². The van der Waals surface area contributed by atoms with E-state index in [1.807, 2.05) is 51.1 Å². The average Bonchev–Trinajstić information content (AvgIpc) is 2.66. The summed E-state index contributed by atoms with van der Waals surface area (Å²) in [7, 11) is -0.366. The highest BCUT2D eigenvalue weighted by atomic mass is 32.2. The predicted octanol–water partition coefficient (Wildman–Crippen LogP) is 3.55. The summed E-state index contributed by atoms with van der Waals surface area (Å²) >= 11 is 0. The molecule has 0 saturated carbocycles. The van der Waals surface area contributed by atoms with Crippen molar-refractivity contribution in [2.24, 2.45) is 0 Å². The molecular weight excluding hydrogens is 348 g/mol. The van der Waals surface area contributed by atoms with E-state index in [0.29, 0.717) is 5.56 Å². The molecule has 0 fully saturated rings. The van der Waals surface area contributed by atoms with E-state index < -0.39 is 10.0 Å². The van der Waals surface area contributed by atoms with Gasteiger partial charge in [0.1, 0.15) is 0 Å². The highest BCUT2D eigenvalue weighted by Crippen LogP contribution is 2.23. The molecule has 0 aliphatic rings. The number of carbonyl (C=O) groups is 1. The van der Waals surface area contributed by atoms with Crippen molar-refractivity contribution < 1.29 is 13.2 Å². The smallest absolute Gasteiger partial charge is 0.254 e. The van der Waals surface area contributed by atoms with Gasteiger partial charge in [-0.05, 0) is 44.5 Å². The second kappa shape index (κ2) is 8.01. The molecule has 6 heteroatoms. The van der Waals surface area contributed by atoms with E-state index in [-0.39, 0.29) is 22.9 Å². The van der Waals surface area contributed by atoms with Crippen LogP contribution in [-0.4, -0.2) is 43.7 Å². The molecule has 0 aliphatic carbocycles. The van der Waals surface area contributed by atoms with Gasteiger partial charge in [-0.15, -0.1) is 0 Å². The molecule has 26 heavy (non-hydrogen) atoms. The molecular formula is C20H26N2O3S. The number of nitrogens with zero attached hydrogens (tertiary/aromatic N) is 2. The van der Waals surface area contributed by atoms with Gasteiger partial charge in [-0.3, -0.25) is 4.79 Å². The number of amides is 1. The first-order valence-corrected chi connectivity index (χ1v) is 10.0. The maximum absolute atomic E-state index is 12.9. The van der Waals surface area contributed by atoms with Gasteiger partial charge in [0.25, 0.3) is 5.91 Å². The first kappa shape index (κ1) is 20.1. The third kappa shape index (κ3) is 4.14. The SMILES string of the molecule is CC(c1ccccc1)N(C)C(=O)c1cccc(S(=O)(=O)N(C)C(C)C)c1. The largest absolute Gasteiger partial charge is 0.335 e. The molecule has 0 spiro atoms. The summed E-state index contributed by atoms with van der Waals surface area (Å²) in [6.45, 7) is 5.56. The standard InChI is InChI=1S/C20H26N2O3S/c1-15(2)22(5)26(24,25)19-13-9-12-18(14-19)20(23)21(4)16(3)17-10-7-6-8-11-17/h6-16H,1-5H3. The number of hydrogen-bond acceptors (Lipinski definition) is 3. The molecule has 0 bridgehead atoms. The fourth-order valence-electron chi connectivity index (χ4n) is 2.57. The summed E-state index contributed by atoms with van der Waals surface area (Å²) in [6.07, 6.45) is 0. The number of sulfonamides is 1. The van der Waals surface area contributed by atoms with E-state index in [0.717, 1.165) is 5.56 Å². The van der Waals surface area contributed by atoms with E-state index >= 15 is 0 Å². The van der Waals surface area contributed by atoms with Crippen LogP contribution >= 0.6 is 0 Å². The second-order valence-electron chi connectivity index (χ2n) is 6.65. The molecule has 2 rings (SSSR count). The van der Waals surface area contributed by atoms with Gasteiger partial charge in [0.2, 0.25) is 10.0 Å². The van der Waals surface area contributed by atoms with Crippen LogP contribution in [0.5, 0.6) is 0 Å². The second-order valence-corrected chi connectivity index (χ2v) is 8.64. The Bertz CT molecular complexity index is 864. The van der Waals surface area contributed by atoms with Gasteiger partial charge in [0.15, 0.2) is 0 Å². The minimum Gasteiger partial charge on any atom is -0.335 e. The molecule has 5 nitrogen and oxygen atoms in total. The maximum Gasteiger partial charge on any atom is 0.254 e. The molecule has 1 amide bonds. The third-order valence-corrected chi connectivity index (χ3v) is 6.70. The summed E-state index contributed by atoms with van der Waals surface area (Å²) in [4.78, 5) is 14.6. The molecule has 2 aromatic carbocycles. The van der Waals surface area contributed by atoms with E-state index in [4.69, 9.17) is 0 Å². The summed E-state index contributed by atoms with van der Waals surface area (Å²) in [6, 6.07) is 15.6. The molecule has 0 radical (unpaired) electrons. The molecule has 2 aromatic rings. The van der Waals surface area contributed by atoms with Crippen molar-refractivity contribution in [3.05, 3.63) is 65.7 Å². The zero-order valence-electron chi connectivity index (χ0n) is 15.9. The lowest BCUT2D eigenvalue weighted by atomic mass is 10.1. The van der Waals surface area contributed by atoms with E-state index in [9.17, 15) is 13.2 Å². The molecule has 0 N–H and O–H groups in total. The lowest BCUT2D eigenvalue weighted by Crippen LogP contribution is -2.33. The van der Waals surface area contributed by atoms with Crippen LogP contribution in [0.25, 0.3) is 0 Å². The first-order chi connectivity index (χ1) is 12.2. The molecule has 0 aliphatic heterocycles. The van der Waals surface area contributed by atoms with Crippen LogP contribution in [0, 0.1) is 0 Å². The summed E-state index contributed by atoms with van der Waals surface area (Å²) in [5, 5.41) is 0. The van der Waals surface area contributed by atoms with E-state index in [1.165, 1.54) is 23.5 Å². The normalized spacial score (nSPS) is 13.0. The average molecular weight is 375 g/mol. The number of benzene rings is 2. The molecule has 140 valence electrons. The Morgan fingerprint density at radius 3 is 2.12 bits per heavy atom. The van der Waals surface area contributed by atoms with Crippen LogP contribution in [0.3, 0.4) is 0 Å². The topological polar surface area (TPSA) is 57.7 Å². The lowest BCUT2D eigenvalue weighted by Gasteiger charge is -2.26. The number of hydrogen-bond donors (Lipinski definition) is 0. The minimum absolute atomic E-state index is 0.123. The van der Waals surface area contributed by atoms with Gasteiger partial charge in [0.05, 0.1) is 10.9 Å². The Morgan fingerprint density at radius 2 is 1.54 bits per heavy atom. The highest BCUT2D eigenvalue weighted by Gasteiger charge is 2.25. The van der Waals surface area contributed by atoms with Crippen molar-refractivity contribution >= 4 is 15.9 Å². The monoisotopic (exact) mass is 374 g/mol. The van der Waals surface area contributed by atoms with Crippen molar-refractivity contribution in [3.8, 4) is 0 Å². The van der Waals surface area contributed by atoms with Gasteiger partial charge in [-0.2, -0.15) is 4.31 Å². The minimum atomic E-state index is -3.63. The fraction of sp³-hybridized carbons (Fsp3) is 0.350.